The molecule has 0 saturated carbocycles. The highest BCUT2D eigenvalue weighted by atomic mass is 19.1. The van der Waals surface area contributed by atoms with Crippen LogP contribution in [0.25, 0.3) is 0 Å². The fraction of sp³-hybridized carbons (Fsp3) is 0.462. The van der Waals surface area contributed by atoms with Crippen molar-refractivity contribution in [2.24, 2.45) is 0 Å². The van der Waals surface area contributed by atoms with Gasteiger partial charge in [0, 0.05) is 25.3 Å². The van der Waals surface area contributed by atoms with E-state index in [-0.39, 0.29) is 25.2 Å². The zero-order valence-electron chi connectivity index (χ0n) is 10.7. The van der Waals surface area contributed by atoms with Crippen molar-refractivity contribution < 1.29 is 18.7 Å². The van der Waals surface area contributed by atoms with E-state index in [4.69, 9.17) is 5.11 Å². The molecule has 2 amide bonds. The number of aliphatic hydroxyl groups excluding tert-OH is 1. The van der Waals surface area contributed by atoms with Crippen LogP contribution >= 0.6 is 0 Å². The van der Waals surface area contributed by atoms with Crippen LogP contribution in [0.4, 0.5) is 13.6 Å². The predicted molar refractivity (Wildman–Crippen MR) is 67.8 cm³/mol. The number of hydrogen-bond donors (Lipinski definition) is 3. The first kappa shape index (κ1) is 15.4. The predicted octanol–water partition coefficient (Wildman–Crippen LogP) is 1.58. The van der Waals surface area contributed by atoms with Gasteiger partial charge in [-0.25, -0.2) is 13.6 Å². The molecular weight excluding hydrogens is 254 g/mol. The first-order valence-corrected chi connectivity index (χ1v) is 6.11. The Kier molecular flexibility index (Phi) is 6.21. The number of rotatable bonds is 6. The number of urea groups is 1. The van der Waals surface area contributed by atoms with Crippen LogP contribution in [0.3, 0.4) is 0 Å². The Morgan fingerprint density at radius 2 is 1.95 bits per heavy atom. The van der Waals surface area contributed by atoms with Gasteiger partial charge in [0.05, 0.1) is 0 Å². The molecule has 1 aromatic carbocycles. The average molecular weight is 272 g/mol. The van der Waals surface area contributed by atoms with Crippen LogP contribution in [0.15, 0.2) is 18.2 Å². The molecule has 0 heterocycles. The van der Waals surface area contributed by atoms with Gasteiger partial charge in [-0.2, -0.15) is 0 Å². The monoisotopic (exact) mass is 272 g/mol. The lowest BCUT2D eigenvalue weighted by Crippen LogP contribution is -2.41. The third-order valence-corrected chi connectivity index (χ3v) is 2.56. The number of hydrogen-bond acceptors (Lipinski definition) is 2. The van der Waals surface area contributed by atoms with Crippen LogP contribution in [0.2, 0.25) is 0 Å². The van der Waals surface area contributed by atoms with Gasteiger partial charge in [-0.05, 0) is 37.5 Å². The Labute approximate surface area is 110 Å². The summed E-state index contributed by atoms with van der Waals surface area (Å²) < 4.78 is 25.8. The van der Waals surface area contributed by atoms with Crippen molar-refractivity contribution in [3.63, 3.8) is 0 Å². The molecule has 4 nitrogen and oxygen atoms in total. The van der Waals surface area contributed by atoms with Gasteiger partial charge >= 0.3 is 6.03 Å². The maximum Gasteiger partial charge on any atom is 0.315 e. The summed E-state index contributed by atoms with van der Waals surface area (Å²) in [6, 6.07) is 2.78. The van der Waals surface area contributed by atoms with E-state index < -0.39 is 11.6 Å². The van der Waals surface area contributed by atoms with E-state index in [1.807, 2.05) is 0 Å². The van der Waals surface area contributed by atoms with E-state index in [0.29, 0.717) is 18.4 Å². The van der Waals surface area contributed by atoms with Gasteiger partial charge in [0.2, 0.25) is 0 Å². The van der Waals surface area contributed by atoms with E-state index in [1.165, 1.54) is 12.1 Å². The van der Waals surface area contributed by atoms with Crippen LogP contribution in [-0.4, -0.2) is 30.3 Å². The van der Waals surface area contributed by atoms with Gasteiger partial charge in [0.1, 0.15) is 11.6 Å². The van der Waals surface area contributed by atoms with E-state index in [0.717, 1.165) is 6.07 Å². The molecule has 1 atom stereocenters. The van der Waals surface area contributed by atoms with Crippen LogP contribution in [0.5, 0.6) is 0 Å². The van der Waals surface area contributed by atoms with Crippen molar-refractivity contribution in [2.75, 3.05) is 13.2 Å². The minimum absolute atomic E-state index is 0.00398. The fourth-order valence-electron chi connectivity index (χ4n) is 1.62. The van der Waals surface area contributed by atoms with Crippen molar-refractivity contribution in [2.45, 2.75) is 25.8 Å². The summed E-state index contributed by atoms with van der Waals surface area (Å²) in [4.78, 5) is 11.4. The second kappa shape index (κ2) is 7.68. The molecule has 1 aromatic rings. The molecule has 0 unspecified atom stereocenters. The lowest BCUT2D eigenvalue weighted by molar-refractivity contribution is 0.231. The summed E-state index contributed by atoms with van der Waals surface area (Å²) in [5, 5.41) is 13.9. The smallest absolute Gasteiger partial charge is 0.315 e. The molecule has 0 aliphatic heterocycles. The van der Waals surface area contributed by atoms with Gasteiger partial charge in [-0.15, -0.1) is 0 Å². The van der Waals surface area contributed by atoms with Crippen molar-refractivity contribution in [1.29, 1.82) is 0 Å². The number of carbonyl (C=O) groups is 1. The molecular formula is C13H18F2N2O2. The highest BCUT2D eigenvalue weighted by molar-refractivity contribution is 5.74. The molecule has 1 rings (SSSR count). The second-order valence-electron chi connectivity index (χ2n) is 4.34. The molecule has 0 fully saturated rings. The minimum atomic E-state index is -0.629. The van der Waals surface area contributed by atoms with Crippen molar-refractivity contribution in [3.8, 4) is 0 Å². The molecule has 19 heavy (non-hydrogen) atoms. The molecule has 106 valence electrons. The number of benzene rings is 1. The van der Waals surface area contributed by atoms with Gasteiger partial charge in [0.15, 0.2) is 0 Å². The minimum Gasteiger partial charge on any atom is -0.396 e. The number of carbonyl (C=O) groups excluding carboxylic acids is 1. The second-order valence-corrected chi connectivity index (χ2v) is 4.34. The molecule has 0 aliphatic carbocycles. The molecule has 0 aromatic heterocycles. The highest BCUT2D eigenvalue weighted by Gasteiger charge is 2.06. The maximum atomic E-state index is 12.9. The van der Waals surface area contributed by atoms with Gasteiger partial charge in [-0.1, -0.05) is 0 Å². The normalized spacial score (nSPS) is 12.0. The Morgan fingerprint density at radius 1 is 1.32 bits per heavy atom. The molecule has 0 bridgehead atoms. The van der Waals surface area contributed by atoms with Crippen LogP contribution in [-0.2, 0) is 6.42 Å². The zero-order valence-corrected chi connectivity index (χ0v) is 10.7. The number of nitrogens with one attached hydrogen (secondary N) is 2. The van der Waals surface area contributed by atoms with E-state index in [1.54, 1.807) is 6.92 Å². The van der Waals surface area contributed by atoms with E-state index in [9.17, 15) is 13.6 Å². The first-order chi connectivity index (χ1) is 9.01. The summed E-state index contributed by atoms with van der Waals surface area (Å²) in [6.07, 6.45) is 0.818. The zero-order chi connectivity index (χ0) is 14.3. The molecule has 3 N–H and O–H groups in total. The highest BCUT2D eigenvalue weighted by Crippen LogP contribution is 2.07. The van der Waals surface area contributed by atoms with Gasteiger partial charge in [-0.3, -0.25) is 0 Å². The van der Waals surface area contributed by atoms with Gasteiger partial charge in [0.25, 0.3) is 0 Å². The van der Waals surface area contributed by atoms with Crippen molar-refractivity contribution in [3.05, 3.63) is 35.4 Å². The summed E-state index contributed by atoms with van der Waals surface area (Å²) in [6.45, 7) is 2.06. The fourth-order valence-corrected chi connectivity index (χ4v) is 1.62. The summed E-state index contributed by atoms with van der Waals surface area (Å²) in [5.74, 6) is -1.26. The summed E-state index contributed by atoms with van der Waals surface area (Å²) >= 11 is 0. The SMILES string of the molecule is C[C@H](CCO)NC(=O)NCCc1cc(F)cc(F)c1. The molecule has 0 spiro atoms. The number of aliphatic hydroxyl groups is 1. The standard InChI is InChI=1S/C13H18F2N2O2/c1-9(3-5-18)17-13(19)16-4-2-10-6-11(14)8-12(15)7-10/h6-9,18H,2-5H2,1H3,(H2,16,17,19)/t9-/m1/s1. The lowest BCUT2D eigenvalue weighted by atomic mass is 10.1. The van der Waals surface area contributed by atoms with Crippen LogP contribution in [0.1, 0.15) is 18.9 Å². The first-order valence-electron chi connectivity index (χ1n) is 6.11. The molecule has 6 heteroatoms. The van der Waals surface area contributed by atoms with E-state index in [2.05, 4.69) is 10.6 Å². The molecule has 0 radical (unpaired) electrons. The summed E-state index contributed by atoms with van der Waals surface area (Å²) in [7, 11) is 0. The third kappa shape index (κ3) is 6.15. The van der Waals surface area contributed by atoms with Gasteiger partial charge < -0.3 is 15.7 Å². The average Bonchev–Trinajstić information content (AvgIpc) is 2.27. The Balaban J connectivity index is 2.31. The molecule has 0 aliphatic rings. The van der Waals surface area contributed by atoms with Crippen LogP contribution < -0.4 is 10.6 Å². The largest absolute Gasteiger partial charge is 0.396 e. The maximum absolute atomic E-state index is 12.9. The van der Waals surface area contributed by atoms with Crippen molar-refractivity contribution >= 4 is 6.03 Å². The summed E-state index contributed by atoms with van der Waals surface area (Å²) in [5.41, 5.74) is 0.487. The van der Waals surface area contributed by atoms with Crippen molar-refractivity contribution in [1.82, 2.24) is 10.6 Å². The van der Waals surface area contributed by atoms with Crippen LogP contribution in [0, 0.1) is 11.6 Å². The van der Waals surface area contributed by atoms with E-state index >= 15 is 0 Å². The quantitative estimate of drug-likeness (QED) is 0.736. The lowest BCUT2D eigenvalue weighted by Gasteiger charge is -2.13. The Hall–Kier alpha value is -1.69. The molecule has 0 saturated heterocycles. The third-order valence-electron chi connectivity index (χ3n) is 2.56. The topological polar surface area (TPSA) is 61.4 Å². The number of amides is 2. The number of halogens is 2. The Morgan fingerprint density at radius 3 is 2.53 bits per heavy atom. The Bertz CT molecular complexity index is 407.